The van der Waals surface area contributed by atoms with Gasteiger partial charge in [-0.05, 0) is 30.0 Å². The Kier molecular flexibility index (Phi) is 4.77. The summed E-state index contributed by atoms with van der Waals surface area (Å²) in [6.45, 7) is 0. The van der Waals surface area contributed by atoms with Crippen molar-refractivity contribution >= 4 is 46.3 Å². The Morgan fingerprint density at radius 3 is 2.77 bits per heavy atom. The van der Waals surface area contributed by atoms with Gasteiger partial charge in [-0.3, -0.25) is 14.5 Å². The first-order valence-electron chi connectivity index (χ1n) is 7.71. The maximum Gasteiger partial charge on any atom is 0.388 e. The summed E-state index contributed by atoms with van der Waals surface area (Å²) in [4.78, 5) is 43.1. The fourth-order valence-corrected chi connectivity index (χ4v) is 3.54. The van der Waals surface area contributed by atoms with E-state index >= 15 is 0 Å². The minimum Gasteiger partial charge on any atom is -0.325 e. The predicted molar refractivity (Wildman–Crippen MR) is 95.8 cm³/mol. The lowest BCUT2D eigenvalue weighted by molar-refractivity contribution is -0.367. The van der Waals surface area contributed by atoms with Gasteiger partial charge in [0.2, 0.25) is 5.91 Å². The number of hydrogen-bond donors (Lipinski definition) is 1. The molecule has 136 valence electrons. The Hall–Kier alpha value is -2.75. The van der Waals surface area contributed by atoms with Crippen LogP contribution >= 0.6 is 11.8 Å². The van der Waals surface area contributed by atoms with Crippen molar-refractivity contribution in [1.29, 1.82) is 0 Å². The van der Waals surface area contributed by atoms with Crippen LogP contribution in [0, 0.1) is 5.82 Å². The van der Waals surface area contributed by atoms with E-state index < -0.39 is 23.8 Å². The maximum absolute atomic E-state index is 13.2. The smallest absolute Gasteiger partial charge is 0.325 e. The minimum atomic E-state index is -0.790. The molecule has 1 N–H and O–H groups in total. The number of benzene rings is 1. The summed E-state index contributed by atoms with van der Waals surface area (Å²) in [6, 6.07) is 4.38. The molecular formula is C16H17FN5O3S+. The molecular weight excluding hydrogens is 361 g/mol. The third-order valence-electron chi connectivity index (χ3n) is 4.04. The first-order valence-corrected chi connectivity index (χ1v) is 8.70. The summed E-state index contributed by atoms with van der Waals surface area (Å²) >= 11 is 1.14. The SMILES string of the molecule is CN1C(=O)C2N=C(SCC(=O)Nc3cccc(F)c3)[N+](C)=C2N(C)C1=O. The van der Waals surface area contributed by atoms with Gasteiger partial charge in [0.15, 0.2) is 0 Å². The van der Waals surface area contributed by atoms with Gasteiger partial charge in [-0.25, -0.2) is 18.7 Å². The third-order valence-corrected chi connectivity index (χ3v) is 5.08. The van der Waals surface area contributed by atoms with Gasteiger partial charge in [0, 0.05) is 12.7 Å². The van der Waals surface area contributed by atoms with E-state index in [1.165, 1.54) is 30.1 Å². The monoisotopic (exact) mass is 378 g/mol. The van der Waals surface area contributed by atoms with Crippen LogP contribution in [0.1, 0.15) is 0 Å². The van der Waals surface area contributed by atoms with Crippen molar-refractivity contribution in [1.82, 2.24) is 9.80 Å². The molecule has 1 saturated heterocycles. The highest BCUT2D eigenvalue weighted by molar-refractivity contribution is 8.14. The average molecular weight is 378 g/mol. The van der Waals surface area contributed by atoms with Crippen molar-refractivity contribution in [3.05, 3.63) is 30.1 Å². The number of rotatable bonds is 3. The molecule has 26 heavy (non-hydrogen) atoms. The number of amidine groups is 2. The van der Waals surface area contributed by atoms with Crippen molar-refractivity contribution in [2.24, 2.45) is 4.99 Å². The number of anilines is 1. The van der Waals surface area contributed by atoms with E-state index in [1.807, 2.05) is 0 Å². The lowest BCUT2D eigenvalue weighted by Gasteiger charge is -2.27. The molecule has 1 aromatic rings. The lowest BCUT2D eigenvalue weighted by atomic mass is 10.2. The molecule has 1 atom stereocenters. The maximum atomic E-state index is 13.2. The molecule has 1 aromatic carbocycles. The molecule has 10 heteroatoms. The highest BCUT2D eigenvalue weighted by atomic mass is 32.2. The molecule has 2 aliphatic heterocycles. The Labute approximate surface area is 153 Å². The number of carbonyl (C=O) groups is 3. The number of nitrogens with zero attached hydrogens (tertiary/aromatic N) is 4. The van der Waals surface area contributed by atoms with Crippen LogP contribution < -0.4 is 5.32 Å². The Balaban J connectivity index is 1.69. The van der Waals surface area contributed by atoms with Crippen molar-refractivity contribution in [2.45, 2.75) is 6.04 Å². The number of fused-ring (bicyclic) bond motifs is 1. The molecule has 0 aliphatic carbocycles. The lowest BCUT2D eigenvalue weighted by Crippen LogP contribution is -2.59. The number of halogens is 1. The van der Waals surface area contributed by atoms with Gasteiger partial charge in [0.05, 0.1) is 19.8 Å². The number of thioether (sulfide) groups is 1. The van der Waals surface area contributed by atoms with E-state index in [2.05, 4.69) is 10.3 Å². The Morgan fingerprint density at radius 1 is 1.35 bits per heavy atom. The summed E-state index contributed by atoms with van der Waals surface area (Å²) in [6.07, 6.45) is 0. The largest absolute Gasteiger partial charge is 0.388 e. The molecule has 0 saturated carbocycles. The number of amides is 4. The predicted octanol–water partition coefficient (Wildman–Crippen LogP) is 0.800. The van der Waals surface area contributed by atoms with Crippen molar-refractivity contribution in [3.63, 3.8) is 0 Å². The van der Waals surface area contributed by atoms with Gasteiger partial charge in [0.1, 0.15) is 5.82 Å². The van der Waals surface area contributed by atoms with Gasteiger partial charge in [0.25, 0.3) is 23.0 Å². The number of carbonyl (C=O) groups excluding carboxylic acids is 3. The molecule has 0 spiro atoms. The van der Waals surface area contributed by atoms with Gasteiger partial charge in [-0.1, -0.05) is 6.07 Å². The Bertz CT molecular complexity index is 869. The van der Waals surface area contributed by atoms with Gasteiger partial charge in [-0.2, -0.15) is 0 Å². The van der Waals surface area contributed by atoms with Crippen LogP contribution in [-0.2, 0) is 9.59 Å². The zero-order valence-electron chi connectivity index (χ0n) is 14.4. The van der Waals surface area contributed by atoms with E-state index in [0.29, 0.717) is 16.7 Å². The van der Waals surface area contributed by atoms with Crippen LogP contribution in [0.2, 0.25) is 0 Å². The number of likely N-dealkylation sites (N-methyl/N-ethyl adjacent to an activating group) is 2. The number of aliphatic imine (C=N–C) groups is 1. The molecule has 0 bridgehead atoms. The topological polar surface area (TPSA) is 85.1 Å². The van der Waals surface area contributed by atoms with E-state index in [0.717, 1.165) is 16.7 Å². The molecule has 0 radical (unpaired) electrons. The van der Waals surface area contributed by atoms with E-state index in [1.54, 1.807) is 24.7 Å². The van der Waals surface area contributed by atoms with Gasteiger partial charge < -0.3 is 5.32 Å². The summed E-state index contributed by atoms with van der Waals surface area (Å²) in [7, 11) is 4.67. The standard InChI is InChI=1S/C16H16FN5O3S/c1-20-13-12(14(24)22(3)16(25)21(13)2)19-15(20)26-8-11(23)18-10-6-4-5-9(17)7-10/h4-7,12H,8H2,1-3H3/p+1. The van der Waals surface area contributed by atoms with Gasteiger partial charge >= 0.3 is 6.03 Å². The number of hydrogen-bond acceptors (Lipinski definition) is 5. The fraction of sp³-hybridized carbons (Fsp3) is 0.312. The second kappa shape index (κ2) is 6.87. The van der Waals surface area contributed by atoms with Crippen LogP contribution in [0.3, 0.4) is 0 Å². The minimum absolute atomic E-state index is 0.0291. The molecule has 2 heterocycles. The van der Waals surface area contributed by atoms with Crippen LogP contribution in [0.4, 0.5) is 14.9 Å². The number of nitrogens with one attached hydrogen (secondary N) is 1. The molecule has 8 nitrogen and oxygen atoms in total. The summed E-state index contributed by atoms with van der Waals surface area (Å²) in [5.41, 5.74) is 0.363. The first-order chi connectivity index (χ1) is 12.3. The van der Waals surface area contributed by atoms with Crippen LogP contribution in [0.15, 0.2) is 29.3 Å². The fourth-order valence-electron chi connectivity index (χ4n) is 2.74. The number of urea groups is 1. The molecule has 1 fully saturated rings. The molecule has 0 aromatic heterocycles. The van der Waals surface area contributed by atoms with Gasteiger partial charge in [-0.15, -0.1) is 4.99 Å². The molecule has 3 rings (SSSR count). The first kappa shape index (κ1) is 18.1. The number of imide groups is 1. The zero-order chi connectivity index (χ0) is 19.0. The van der Waals surface area contributed by atoms with E-state index in [-0.39, 0.29) is 11.7 Å². The summed E-state index contributed by atoms with van der Waals surface area (Å²) in [5, 5.41) is 3.06. The van der Waals surface area contributed by atoms with Crippen molar-refractivity contribution < 1.29 is 23.3 Å². The molecule has 1 unspecified atom stereocenters. The second-order valence-electron chi connectivity index (χ2n) is 5.82. The molecule has 2 aliphatic rings. The highest BCUT2D eigenvalue weighted by Crippen LogP contribution is 2.22. The van der Waals surface area contributed by atoms with Crippen LogP contribution in [0.5, 0.6) is 0 Å². The van der Waals surface area contributed by atoms with E-state index in [4.69, 9.17) is 0 Å². The third kappa shape index (κ3) is 3.19. The summed E-state index contributed by atoms with van der Waals surface area (Å²) in [5.74, 6) is -0.682. The van der Waals surface area contributed by atoms with Crippen LogP contribution in [-0.4, -0.2) is 76.2 Å². The average Bonchev–Trinajstić information content (AvgIpc) is 2.93. The second-order valence-corrected chi connectivity index (χ2v) is 6.76. The van der Waals surface area contributed by atoms with Crippen molar-refractivity contribution in [3.8, 4) is 0 Å². The quantitative estimate of drug-likeness (QED) is 0.789. The normalized spacial score (nSPS) is 19.7. The Morgan fingerprint density at radius 2 is 2.08 bits per heavy atom. The van der Waals surface area contributed by atoms with E-state index in [9.17, 15) is 18.8 Å². The van der Waals surface area contributed by atoms with Crippen molar-refractivity contribution in [2.75, 3.05) is 32.2 Å². The van der Waals surface area contributed by atoms with Crippen LogP contribution in [0.25, 0.3) is 0 Å². The molecule has 4 amide bonds. The zero-order valence-corrected chi connectivity index (χ0v) is 15.2. The summed E-state index contributed by atoms with van der Waals surface area (Å²) < 4.78 is 14.8. The highest BCUT2D eigenvalue weighted by Gasteiger charge is 2.51.